The maximum absolute atomic E-state index is 10.6. The molecule has 0 radical (unpaired) electrons. The Balaban J connectivity index is 1.49. The number of allylic oxidation sites excluding steroid dienone is 1. The summed E-state index contributed by atoms with van der Waals surface area (Å²) < 4.78 is 6.94. The maximum atomic E-state index is 10.6. The van der Waals surface area contributed by atoms with Crippen LogP contribution in [0.2, 0.25) is 0 Å². The molecule has 0 unspecified atom stereocenters. The van der Waals surface area contributed by atoms with Crippen LogP contribution in [-0.2, 0) is 7.05 Å². The fraction of sp³-hybridized carbons (Fsp3) is 0.0588. The normalized spacial score (nSPS) is 11.9. The zero-order valence-corrected chi connectivity index (χ0v) is 14.1. The molecule has 1 N–H and O–H groups in total. The number of hydrogen-bond acceptors (Lipinski definition) is 8. The number of rotatable bonds is 5. The summed E-state index contributed by atoms with van der Waals surface area (Å²) in [7, 11) is 1.91. The van der Waals surface area contributed by atoms with E-state index in [0.29, 0.717) is 11.4 Å². The Hall–Kier alpha value is -4.08. The van der Waals surface area contributed by atoms with E-state index >= 15 is 0 Å². The van der Waals surface area contributed by atoms with Gasteiger partial charge in [-0.25, -0.2) is 5.43 Å². The number of hydrogen-bond donors (Lipinski definition) is 1. The topological polar surface area (TPSA) is 124 Å². The molecule has 0 aliphatic heterocycles. The number of nitrogens with one attached hydrogen (secondary N) is 1. The highest BCUT2D eigenvalue weighted by Crippen LogP contribution is 2.24. The molecule has 3 aromatic heterocycles. The molecule has 0 bridgehead atoms. The third kappa shape index (κ3) is 3.11. The summed E-state index contributed by atoms with van der Waals surface area (Å²) >= 11 is 0. The first-order valence-corrected chi connectivity index (χ1v) is 7.91. The molecule has 0 amide bonds. The van der Waals surface area contributed by atoms with E-state index in [4.69, 9.17) is 4.42 Å². The van der Waals surface area contributed by atoms with Crippen LogP contribution in [0, 0.1) is 10.1 Å². The summed E-state index contributed by atoms with van der Waals surface area (Å²) in [6, 6.07) is 10.7. The van der Waals surface area contributed by atoms with Gasteiger partial charge in [0.2, 0.25) is 0 Å². The molecular formula is C17H13N7O3. The fourth-order valence-corrected chi connectivity index (χ4v) is 2.66. The molecule has 10 nitrogen and oxygen atoms in total. The van der Waals surface area contributed by atoms with Crippen LogP contribution < -0.4 is 5.43 Å². The minimum atomic E-state index is -0.597. The van der Waals surface area contributed by atoms with Gasteiger partial charge in [-0.15, -0.1) is 10.2 Å². The first-order valence-electron chi connectivity index (χ1n) is 7.91. The van der Waals surface area contributed by atoms with Crippen molar-refractivity contribution in [3.8, 4) is 0 Å². The zero-order chi connectivity index (χ0) is 18.8. The van der Waals surface area contributed by atoms with Gasteiger partial charge < -0.3 is 8.98 Å². The molecule has 0 fully saturated rings. The van der Waals surface area contributed by atoms with Crippen LogP contribution in [0.3, 0.4) is 0 Å². The predicted octanol–water partition coefficient (Wildman–Crippen LogP) is 3.13. The zero-order valence-electron chi connectivity index (χ0n) is 14.1. The van der Waals surface area contributed by atoms with Crippen molar-refractivity contribution < 1.29 is 9.34 Å². The number of aromatic nitrogens is 4. The second-order valence-corrected chi connectivity index (χ2v) is 5.57. The Morgan fingerprint density at radius 1 is 1.26 bits per heavy atom. The number of benzene rings is 1. The molecule has 134 valence electrons. The molecule has 0 saturated carbocycles. The lowest BCUT2D eigenvalue weighted by Crippen LogP contribution is -2.00. The molecule has 0 saturated heterocycles. The van der Waals surface area contributed by atoms with Gasteiger partial charge in [-0.2, -0.15) is 10.1 Å². The van der Waals surface area contributed by atoms with Crippen LogP contribution in [-0.4, -0.2) is 30.9 Å². The highest BCUT2D eigenvalue weighted by atomic mass is 16.6. The van der Waals surface area contributed by atoms with Crippen molar-refractivity contribution in [2.75, 3.05) is 5.43 Å². The number of nitrogens with zero attached hydrogens (tertiary/aromatic N) is 6. The lowest BCUT2D eigenvalue weighted by atomic mass is 10.2. The second-order valence-electron chi connectivity index (χ2n) is 5.57. The first-order chi connectivity index (χ1) is 13.1. The van der Waals surface area contributed by atoms with E-state index in [9.17, 15) is 10.1 Å². The number of para-hydroxylation sites is 1. The van der Waals surface area contributed by atoms with Gasteiger partial charge in [0.05, 0.1) is 11.6 Å². The molecule has 0 spiro atoms. The van der Waals surface area contributed by atoms with Crippen LogP contribution in [0.1, 0.15) is 5.76 Å². The van der Waals surface area contributed by atoms with E-state index in [2.05, 4.69) is 25.7 Å². The predicted molar refractivity (Wildman–Crippen MR) is 100 cm³/mol. The summed E-state index contributed by atoms with van der Waals surface area (Å²) in [5.74, 6) is 0.294. The molecule has 3 heterocycles. The van der Waals surface area contributed by atoms with Gasteiger partial charge >= 0.3 is 5.88 Å². The van der Waals surface area contributed by atoms with Crippen LogP contribution in [0.15, 0.2) is 52.0 Å². The Kier molecular flexibility index (Phi) is 4.05. The number of fused-ring (bicyclic) bond motifs is 3. The molecule has 0 aliphatic carbocycles. The molecule has 4 aromatic rings. The second kappa shape index (κ2) is 6.67. The molecule has 10 heteroatoms. The van der Waals surface area contributed by atoms with Crippen LogP contribution in [0.5, 0.6) is 0 Å². The first kappa shape index (κ1) is 16.4. The van der Waals surface area contributed by atoms with E-state index in [0.717, 1.165) is 16.4 Å². The van der Waals surface area contributed by atoms with E-state index in [1.807, 2.05) is 35.9 Å². The molecule has 0 atom stereocenters. The highest BCUT2D eigenvalue weighted by Gasteiger charge is 2.11. The average molecular weight is 363 g/mol. The Morgan fingerprint density at radius 3 is 2.93 bits per heavy atom. The minimum Gasteiger partial charge on any atom is -0.401 e. The minimum absolute atomic E-state index is 0.256. The van der Waals surface area contributed by atoms with Gasteiger partial charge in [0, 0.05) is 18.6 Å². The van der Waals surface area contributed by atoms with E-state index < -0.39 is 4.92 Å². The van der Waals surface area contributed by atoms with Crippen LogP contribution >= 0.6 is 0 Å². The molecule has 4 rings (SSSR count). The van der Waals surface area contributed by atoms with Crippen molar-refractivity contribution in [2.45, 2.75) is 0 Å². The third-order valence-corrected chi connectivity index (χ3v) is 3.88. The summed E-state index contributed by atoms with van der Waals surface area (Å²) in [5, 5.41) is 23.8. The maximum Gasteiger partial charge on any atom is 0.433 e. The lowest BCUT2D eigenvalue weighted by Gasteiger charge is -1.98. The van der Waals surface area contributed by atoms with Crippen LogP contribution in [0.4, 0.5) is 11.8 Å². The largest absolute Gasteiger partial charge is 0.433 e. The molecular weight excluding hydrogens is 350 g/mol. The molecule has 1 aromatic carbocycles. The average Bonchev–Trinajstić information content (AvgIpc) is 3.26. The van der Waals surface area contributed by atoms with Crippen molar-refractivity contribution >= 4 is 46.2 Å². The van der Waals surface area contributed by atoms with Crippen molar-refractivity contribution in [1.82, 2.24) is 19.7 Å². The van der Waals surface area contributed by atoms with E-state index in [1.165, 1.54) is 18.3 Å². The van der Waals surface area contributed by atoms with Crippen molar-refractivity contribution in [2.24, 2.45) is 12.1 Å². The summed E-state index contributed by atoms with van der Waals surface area (Å²) in [4.78, 5) is 14.4. The summed E-state index contributed by atoms with van der Waals surface area (Å²) in [6.07, 6.45) is 4.56. The van der Waals surface area contributed by atoms with Gasteiger partial charge in [0.1, 0.15) is 16.2 Å². The standard InChI is InChI=1S/C17H13N7O3/c1-23-13-7-3-2-6-12(13)15-16(23)19-17(22-20-15)21-18-10-4-5-11-8-9-14(27-11)24(25)26/h2-10H,1H3,(H,19,21,22)/b5-4+,18-10-. The summed E-state index contributed by atoms with van der Waals surface area (Å²) in [6.45, 7) is 0. The fourth-order valence-electron chi connectivity index (χ4n) is 2.66. The Morgan fingerprint density at radius 2 is 2.11 bits per heavy atom. The Bertz CT molecular complexity index is 1210. The van der Waals surface area contributed by atoms with Gasteiger partial charge in [-0.3, -0.25) is 10.1 Å². The third-order valence-electron chi connectivity index (χ3n) is 3.88. The smallest absolute Gasteiger partial charge is 0.401 e. The highest BCUT2D eigenvalue weighted by molar-refractivity contribution is 6.04. The SMILES string of the molecule is Cn1c2ccccc2c2nnc(N/N=C\C=C\c3ccc([N+](=O)[O-])o3)nc21. The van der Waals surface area contributed by atoms with Crippen molar-refractivity contribution in [3.05, 3.63) is 58.3 Å². The van der Waals surface area contributed by atoms with Gasteiger partial charge in [-0.1, -0.05) is 18.2 Å². The van der Waals surface area contributed by atoms with Crippen LogP contribution in [0.25, 0.3) is 28.1 Å². The summed E-state index contributed by atoms with van der Waals surface area (Å²) in [5.41, 5.74) is 5.14. The Labute approximate surface area is 152 Å². The van der Waals surface area contributed by atoms with E-state index in [1.54, 1.807) is 12.2 Å². The van der Waals surface area contributed by atoms with Crippen molar-refractivity contribution in [3.63, 3.8) is 0 Å². The van der Waals surface area contributed by atoms with Gasteiger partial charge in [0.15, 0.2) is 5.65 Å². The number of furan rings is 1. The number of aryl methyl sites for hydroxylation is 1. The quantitative estimate of drug-likeness (QED) is 0.328. The number of anilines is 1. The van der Waals surface area contributed by atoms with Crippen molar-refractivity contribution in [1.29, 1.82) is 0 Å². The van der Waals surface area contributed by atoms with Gasteiger partial charge in [-0.05, 0) is 24.3 Å². The number of hydrazone groups is 1. The molecule has 0 aliphatic rings. The lowest BCUT2D eigenvalue weighted by molar-refractivity contribution is -0.402. The molecule has 27 heavy (non-hydrogen) atoms. The number of nitro groups is 1. The van der Waals surface area contributed by atoms with E-state index in [-0.39, 0.29) is 11.8 Å². The monoisotopic (exact) mass is 363 g/mol. The van der Waals surface area contributed by atoms with Gasteiger partial charge in [0.25, 0.3) is 5.95 Å².